The summed E-state index contributed by atoms with van der Waals surface area (Å²) >= 11 is 0. The summed E-state index contributed by atoms with van der Waals surface area (Å²) in [5.74, 6) is -1.82. The van der Waals surface area contributed by atoms with E-state index in [0.717, 1.165) is 0 Å². The van der Waals surface area contributed by atoms with Gasteiger partial charge in [-0.25, -0.2) is 0 Å². The molecule has 0 N–H and O–H groups in total. The second-order valence-electron chi connectivity index (χ2n) is 3.50. The zero-order chi connectivity index (χ0) is 9.35. The third kappa shape index (κ3) is 1.19. The van der Waals surface area contributed by atoms with Gasteiger partial charge in [-0.2, -0.15) is 0 Å². The highest BCUT2D eigenvalue weighted by Crippen LogP contribution is 2.32. The molecule has 3 heteroatoms. The molecule has 0 spiro atoms. The monoisotopic (exact) mass is 168 g/mol. The molecule has 0 aromatic carbocycles. The lowest BCUT2D eigenvalue weighted by Crippen LogP contribution is -2.42. The molecule has 3 nitrogen and oxygen atoms in total. The van der Waals surface area contributed by atoms with Gasteiger partial charge in [0.1, 0.15) is 0 Å². The first-order valence-electron chi connectivity index (χ1n) is 4.13. The average Bonchev–Trinajstić information content (AvgIpc) is 2.09. The zero-order valence-electron chi connectivity index (χ0n) is 7.35. The Balaban J connectivity index is 2.93. The van der Waals surface area contributed by atoms with Crippen LogP contribution in [0.2, 0.25) is 0 Å². The maximum absolute atomic E-state index is 11.3. The Hall–Kier alpha value is -0.990. The van der Waals surface area contributed by atoms with Crippen molar-refractivity contribution in [2.75, 3.05) is 0 Å². The van der Waals surface area contributed by atoms with Crippen molar-refractivity contribution < 1.29 is 14.4 Å². The zero-order valence-corrected chi connectivity index (χ0v) is 7.35. The summed E-state index contributed by atoms with van der Waals surface area (Å²) < 4.78 is 0. The Morgan fingerprint density at radius 3 is 2.42 bits per heavy atom. The lowest BCUT2D eigenvalue weighted by molar-refractivity contribution is -0.151. The molecule has 0 aromatic heterocycles. The van der Waals surface area contributed by atoms with Gasteiger partial charge in [0.25, 0.3) is 5.78 Å². The van der Waals surface area contributed by atoms with Gasteiger partial charge in [0.05, 0.1) is 0 Å². The van der Waals surface area contributed by atoms with Crippen molar-refractivity contribution in [1.29, 1.82) is 0 Å². The molecule has 0 saturated heterocycles. The van der Waals surface area contributed by atoms with Gasteiger partial charge in [-0.3, -0.25) is 14.4 Å². The largest absolute Gasteiger partial charge is 0.290 e. The quantitative estimate of drug-likeness (QED) is 0.547. The highest BCUT2D eigenvalue weighted by molar-refractivity contribution is 6.65. The van der Waals surface area contributed by atoms with Crippen LogP contribution < -0.4 is 0 Å². The van der Waals surface area contributed by atoms with E-state index in [4.69, 9.17) is 0 Å². The predicted molar refractivity (Wildman–Crippen MR) is 42.7 cm³/mol. The summed E-state index contributed by atoms with van der Waals surface area (Å²) in [5.41, 5.74) is -0.578. The van der Waals surface area contributed by atoms with E-state index in [2.05, 4.69) is 0 Å². The van der Waals surface area contributed by atoms with Gasteiger partial charge < -0.3 is 0 Å². The average molecular weight is 168 g/mol. The van der Waals surface area contributed by atoms with Crippen molar-refractivity contribution in [3.8, 4) is 0 Å². The van der Waals surface area contributed by atoms with Gasteiger partial charge in [0, 0.05) is 11.8 Å². The first-order valence-corrected chi connectivity index (χ1v) is 4.13. The number of carbonyl (C=O) groups excluding carboxylic acids is 3. The lowest BCUT2D eigenvalue weighted by Gasteiger charge is -2.28. The summed E-state index contributed by atoms with van der Waals surface area (Å²) in [6, 6.07) is 0. The summed E-state index contributed by atoms with van der Waals surface area (Å²) in [5, 5.41) is 0. The molecule has 1 aliphatic carbocycles. The van der Waals surface area contributed by atoms with Gasteiger partial charge >= 0.3 is 0 Å². The molecule has 0 radical (unpaired) electrons. The summed E-state index contributed by atoms with van der Waals surface area (Å²) in [7, 11) is 0. The topological polar surface area (TPSA) is 51.2 Å². The van der Waals surface area contributed by atoms with Crippen molar-refractivity contribution in [3.63, 3.8) is 0 Å². The second kappa shape index (κ2) is 2.81. The Morgan fingerprint density at radius 2 is 1.92 bits per heavy atom. The van der Waals surface area contributed by atoms with E-state index in [1.165, 1.54) is 0 Å². The number of carbonyl (C=O) groups is 3. The van der Waals surface area contributed by atoms with Crippen molar-refractivity contribution in [2.24, 2.45) is 5.41 Å². The molecule has 0 heterocycles. The number of hydrogen-bond acceptors (Lipinski definition) is 3. The van der Waals surface area contributed by atoms with Gasteiger partial charge in [-0.1, -0.05) is 13.8 Å². The minimum atomic E-state index is -0.800. The van der Waals surface area contributed by atoms with Crippen molar-refractivity contribution in [1.82, 2.24) is 0 Å². The van der Waals surface area contributed by atoms with Gasteiger partial charge in [-0.15, -0.1) is 0 Å². The molecule has 1 saturated carbocycles. The maximum atomic E-state index is 11.3. The molecule has 1 aliphatic rings. The van der Waals surface area contributed by atoms with Crippen LogP contribution in [0.1, 0.15) is 33.1 Å². The molecule has 66 valence electrons. The molecule has 1 fully saturated rings. The second-order valence-corrected chi connectivity index (χ2v) is 3.50. The Bertz CT molecular complexity index is 254. The van der Waals surface area contributed by atoms with Crippen molar-refractivity contribution in [3.05, 3.63) is 0 Å². The Kier molecular flexibility index (Phi) is 2.13. The molecular formula is C9H12O3. The third-order valence-electron chi connectivity index (χ3n) is 2.69. The van der Waals surface area contributed by atoms with Gasteiger partial charge in [0.2, 0.25) is 11.6 Å². The molecule has 0 amide bonds. The van der Waals surface area contributed by atoms with Crippen LogP contribution in [0, 0.1) is 5.41 Å². The molecule has 1 rings (SSSR count). The van der Waals surface area contributed by atoms with Crippen LogP contribution in [-0.2, 0) is 14.4 Å². The van der Waals surface area contributed by atoms with E-state index in [1.54, 1.807) is 6.92 Å². The lowest BCUT2D eigenvalue weighted by atomic mass is 9.72. The molecular weight excluding hydrogens is 156 g/mol. The molecule has 0 bridgehead atoms. The first kappa shape index (κ1) is 9.10. The number of ketones is 3. The summed E-state index contributed by atoms with van der Waals surface area (Å²) in [6.45, 7) is 3.61. The molecule has 0 aromatic rings. The van der Waals surface area contributed by atoms with Crippen LogP contribution in [0.25, 0.3) is 0 Å². The van der Waals surface area contributed by atoms with Crippen LogP contribution >= 0.6 is 0 Å². The van der Waals surface area contributed by atoms with Crippen molar-refractivity contribution >= 4 is 17.3 Å². The Labute approximate surface area is 71.1 Å². The van der Waals surface area contributed by atoms with E-state index < -0.39 is 22.8 Å². The fraction of sp³-hybridized carbons (Fsp3) is 0.667. The van der Waals surface area contributed by atoms with E-state index in [9.17, 15) is 14.4 Å². The third-order valence-corrected chi connectivity index (χ3v) is 2.69. The minimum absolute atomic E-state index is 0.231. The van der Waals surface area contributed by atoms with Gasteiger partial charge in [0.15, 0.2) is 0 Å². The van der Waals surface area contributed by atoms with Crippen LogP contribution in [0.3, 0.4) is 0 Å². The molecule has 12 heavy (non-hydrogen) atoms. The highest BCUT2D eigenvalue weighted by Gasteiger charge is 2.42. The predicted octanol–water partition coefficient (Wildman–Crippen LogP) is 0.904. The standard InChI is InChI=1S/C9H12O3/c1-3-9(2)5-4-6(10)7(11)8(9)12/h3-5H2,1-2H3. The minimum Gasteiger partial charge on any atom is -0.290 e. The fourth-order valence-corrected chi connectivity index (χ4v) is 1.35. The van der Waals surface area contributed by atoms with Crippen LogP contribution in [0.15, 0.2) is 0 Å². The first-order chi connectivity index (χ1) is 5.51. The molecule has 1 atom stereocenters. The van der Waals surface area contributed by atoms with E-state index in [-0.39, 0.29) is 6.42 Å². The smallest absolute Gasteiger partial charge is 0.264 e. The van der Waals surface area contributed by atoms with Crippen LogP contribution in [-0.4, -0.2) is 17.3 Å². The molecule has 1 unspecified atom stereocenters. The van der Waals surface area contributed by atoms with Crippen LogP contribution in [0.4, 0.5) is 0 Å². The van der Waals surface area contributed by atoms with Crippen LogP contribution in [0.5, 0.6) is 0 Å². The highest BCUT2D eigenvalue weighted by atomic mass is 16.2. The fourth-order valence-electron chi connectivity index (χ4n) is 1.35. The number of hydrogen-bond donors (Lipinski definition) is 0. The Morgan fingerprint density at radius 1 is 1.33 bits per heavy atom. The number of rotatable bonds is 1. The van der Waals surface area contributed by atoms with Gasteiger partial charge in [-0.05, 0) is 12.8 Å². The normalized spacial score (nSPS) is 31.0. The summed E-state index contributed by atoms with van der Waals surface area (Å²) in [4.78, 5) is 33.2. The molecule has 0 aliphatic heterocycles. The van der Waals surface area contributed by atoms with Crippen molar-refractivity contribution in [2.45, 2.75) is 33.1 Å². The van der Waals surface area contributed by atoms with E-state index in [1.807, 2.05) is 6.92 Å². The van der Waals surface area contributed by atoms with E-state index in [0.29, 0.717) is 12.8 Å². The summed E-state index contributed by atoms with van der Waals surface area (Å²) in [6.07, 6.45) is 1.38. The SMILES string of the molecule is CCC1(C)CCC(=O)C(=O)C1=O. The maximum Gasteiger partial charge on any atom is 0.264 e. The number of Topliss-reactive ketones (excluding diaryl/α,β-unsaturated/α-hetero) is 3. The van der Waals surface area contributed by atoms with E-state index >= 15 is 0 Å².